The highest BCUT2D eigenvalue weighted by atomic mass is 16.2. The van der Waals surface area contributed by atoms with Gasteiger partial charge in [0.2, 0.25) is 5.91 Å². The fourth-order valence-corrected chi connectivity index (χ4v) is 2.67. The van der Waals surface area contributed by atoms with E-state index in [1.165, 1.54) is 0 Å². The SMILES string of the molecule is CC1(C(=O)Nc2ccc3ncccc3c2)CCCCN1. The molecule has 1 aliphatic heterocycles. The third-order valence-corrected chi connectivity index (χ3v) is 3.98. The Balaban J connectivity index is 1.80. The molecule has 20 heavy (non-hydrogen) atoms. The number of nitrogens with zero attached hydrogens (tertiary/aromatic N) is 1. The first-order chi connectivity index (χ1) is 9.67. The van der Waals surface area contributed by atoms with Crippen molar-refractivity contribution in [1.29, 1.82) is 0 Å². The Morgan fingerprint density at radius 3 is 3.05 bits per heavy atom. The fourth-order valence-electron chi connectivity index (χ4n) is 2.67. The zero-order chi connectivity index (χ0) is 14.0. The van der Waals surface area contributed by atoms with Crippen molar-refractivity contribution in [1.82, 2.24) is 10.3 Å². The molecule has 2 heterocycles. The third-order valence-electron chi connectivity index (χ3n) is 3.98. The highest BCUT2D eigenvalue weighted by molar-refractivity contribution is 5.99. The van der Waals surface area contributed by atoms with Gasteiger partial charge < -0.3 is 10.6 Å². The van der Waals surface area contributed by atoms with Gasteiger partial charge in [0.05, 0.1) is 11.1 Å². The van der Waals surface area contributed by atoms with Crippen LogP contribution in [-0.2, 0) is 4.79 Å². The van der Waals surface area contributed by atoms with E-state index in [4.69, 9.17) is 0 Å². The minimum absolute atomic E-state index is 0.0421. The summed E-state index contributed by atoms with van der Waals surface area (Å²) in [4.78, 5) is 16.7. The van der Waals surface area contributed by atoms with Gasteiger partial charge in [-0.2, -0.15) is 0 Å². The number of aromatic nitrogens is 1. The van der Waals surface area contributed by atoms with Gasteiger partial charge in [-0.05, 0) is 57.0 Å². The Morgan fingerprint density at radius 2 is 2.25 bits per heavy atom. The summed E-state index contributed by atoms with van der Waals surface area (Å²) in [6, 6.07) is 9.70. The number of hydrogen-bond acceptors (Lipinski definition) is 3. The molecular weight excluding hydrogens is 250 g/mol. The van der Waals surface area contributed by atoms with E-state index in [-0.39, 0.29) is 5.91 Å². The monoisotopic (exact) mass is 269 g/mol. The molecule has 1 aliphatic rings. The van der Waals surface area contributed by atoms with Crippen LogP contribution in [0.1, 0.15) is 26.2 Å². The molecule has 0 bridgehead atoms. The average molecular weight is 269 g/mol. The van der Waals surface area contributed by atoms with Gasteiger partial charge >= 0.3 is 0 Å². The maximum atomic E-state index is 12.4. The molecule has 1 amide bonds. The molecule has 1 unspecified atom stereocenters. The number of carbonyl (C=O) groups excluding carboxylic acids is 1. The van der Waals surface area contributed by atoms with Gasteiger partial charge in [-0.3, -0.25) is 9.78 Å². The van der Waals surface area contributed by atoms with Crippen LogP contribution in [0.2, 0.25) is 0 Å². The highest BCUT2D eigenvalue weighted by Gasteiger charge is 2.34. The second kappa shape index (κ2) is 5.21. The minimum Gasteiger partial charge on any atom is -0.324 e. The van der Waals surface area contributed by atoms with Gasteiger partial charge in [-0.1, -0.05) is 6.07 Å². The number of benzene rings is 1. The van der Waals surface area contributed by atoms with Gasteiger partial charge in [0, 0.05) is 17.3 Å². The van der Waals surface area contributed by atoms with Gasteiger partial charge in [-0.25, -0.2) is 0 Å². The summed E-state index contributed by atoms with van der Waals surface area (Å²) in [6.45, 7) is 2.88. The van der Waals surface area contributed by atoms with Crippen LogP contribution in [0.15, 0.2) is 36.5 Å². The van der Waals surface area contributed by atoms with Crippen LogP contribution in [0.4, 0.5) is 5.69 Å². The van der Waals surface area contributed by atoms with Crippen LogP contribution in [0.25, 0.3) is 10.9 Å². The second-order valence-electron chi connectivity index (χ2n) is 5.58. The third kappa shape index (κ3) is 2.51. The van der Waals surface area contributed by atoms with Crippen LogP contribution < -0.4 is 10.6 Å². The van der Waals surface area contributed by atoms with E-state index in [1.807, 2.05) is 37.3 Å². The molecule has 4 heteroatoms. The number of carbonyl (C=O) groups is 1. The summed E-state index contributed by atoms with van der Waals surface area (Å²) in [5, 5.41) is 7.38. The van der Waals surface area contributed by atoms with Crippen molar-refractivity contribution in [2.24, 2.45) is 0 Å². The van der Waals surface area contributed by atoms with Crippen LogP contribution in [0.3, 0.4) is 0 Å². The van der Waals surface area contributed by atoms with Gasteiger partial charge in [-0.15, -0.1) is 0 Å². The van der Waals surface area contributed by atoms with Crippen molar-refractivity contribution in [3.05, 3.63) is 36.5 Å². The summed E-state index contributed by atoms with van der Waals surface area (Å²) in [7, 11) is 0. The van der Waals surface area contributed by atoms with E-state index in [0.29, 0.717) is 0 Å². The molecule has 0 radical (unpaired) electrons. The average Bonchev–Trinajstić information content (AvgIpc) is 2.48. The Kier molecular flexibility index (Phi) is 3.40. The Hall–Kier alpha value is -1.94. The number of pyridine rings is 1. The lowest BCUT2D eigenvalue weighted by atomic mass is 9.90. The maximum absolute atomic E-state index is 12.4. The molecule has 1 saturated heterocycles. The van der Waals surface area contributed by atoms with Crippen LogP contribution >= 0.6 is 0 Å². The fraction of sp³-hybridized carbons (Fsp3) is 0.375. The van der Waals surface area contributed by atoms with Crippen LogP contribution in [-0.4, -0.2) is 23.0 Å². The standard InChI is InChI=1S/C16H19N3O/c1-16(8-2-3-10-18-16)15(20)19-13-6-7-14-12(11-13)5-4-9-17-14/h4-7,9,11,18H,2-3,8,10H2,1H3,(H,19,20). The quantitative estimate of drug-likeness (QED) is 0.881. The van der Waals surface area contributed by atoms with Crippen LogP contribution in [0, 0.1) is 0 Å². The molecule has 1 atom stereocenters. The zero-order valence-electron chi connectivity index (χ0n) is 11.6. The molecule has 1 aromatic heterocycles. The van der Waals surface area contributed by atoms with Crippen molar-refractivity contribution >= 4 is 22.5 Å². The first-order valence-corrected chi connectivity index (χ1v) is 7.09. The largest absolute Gasteiger partial charge is 0.324 e. The summed E-state index contributed by atoms with van der Waals surface area (Å²) < 4.78 is 0. The number of hydrogen-bond donors (Lipinski definition) is 2. The molecule has 0 saturated carbocycles. The van der Waals surface area contributed by atoms with Crippen molar-refractivity contribution < 1.29 is 4.79 Å². The molecule has 2 aromatic rings. The number of piperidine rings is 1. The van der Waals surface area contributed by atoms with Crippen molar-refractivity contribution in [2.45, 2.75) is 31.7 Å². The van der Waals surface area contributed by atoms with Gasteiger partial charge in [0.15, 0.2) is 0 Å². The summed E-state index contributed by atoms with van der Waals surface area (Å²) in [5.74, 6) is 0.0421. The Bertz CT molecular complexity index is 632. The number of fused-ring (bicyclic) bond motifs is 1. The molecule has 1 aromatic carbocycles. The number of rotatable bonds is 2. The van der Waals surface area contributed by atoms with Crippen molar-refractivity contribution in [2.75, 3.05) is 11.9 Å². The minimum atomic E-state index is -0.456. The molecule has 0 aliphatic carbocycles. The van der Waals surface area contributed by atoms with Crippen LogP contribution in [0.5, 0.6) is 0 Å². The van der Waals surface area contributed by atoms with E-state index in [9.17, 15) is 4.79 Å². The van der Waals surface area contributed by atoms with Crippen molar-refractivity contribution in [3.8, 4) is 0 Å². The molecular formula is C16H19N3O. The lowest BCUT2D eigenvalue weighted by molar-refractivity contribution is -0.122. The lowest BCUT2D eigenvalue weighted by Crippen LogP contribution is -2.54. The highest BCUT2D eigenvalue weighted by Crippen LogP contribution is 2.22. The van der Waals surface area contributed by atoms with Gasteiger partial charge in [0.1, 0.15) is 0 Å². The zero-order valence-corrected chi connectivity index (χ0v) is 11.6. The molecule has 104 valence electrons. The summed E-state index contributed by atoms with van der Waals surface area (Å²) in [6.07, 6.45) is 4.89. The first-order valence-electron chi connectivity index (χ1n) is 7.09. The summed E-state index contributed by atoms with van der Waals surface area (Å²) >= 11 is 0. The van der Waals surface area contributed by atoms with E-state index in [2.05, 4.69) is 15.6 Å². The molecule has 3 rings (SSSR count). The van der Waals surface area contributed by atoms with E-state index < -0.39 is 5.54 Å². The normalized spacial score (nSPS) is 22.6. The maximum Gasteiger partial charge on any atom is 0.244 e. The smallest absolute Gasteiger partial charge is 0.244 e. The molecule has 4 nitrogen and oxygen atoms in total. The van der Waals surface area contributed by atoms with E-state index >= 15 is 0 Å². The Labute approximate surface area is 118 Å². The van der Waals surface area contributed by atoms with Crippen molar-refractivity contribution in [3.63, 3.8) is 0 Å². The molecule has 2 N–H and O–H groups in total. The first kappa shape index (κ1) is 13.1. The van der Waals surface area contributed by atoms with E-state index in [0.717, 1.165) is 42.4 Å². The topological polar surface area (TPSA) is 54.0 Å². The Morgan fingerprint density at radius 1 is 1.35 bits per heavy atom. The number of amides is 1. The predicted octanol–water partition coefficient (Wildman–Crippen LogP) is 2.71. The molecule has 0 spiro atoms. The second-order valence-corrected chi connectivity index (χ2v) is 5.58. The molecule has 1 fully saturated rings. The lowest BCUT2D eigenvalue weighted by Gasteiger charge is -2.33. The number of nitrogens with one attached hydrogen (secondary N) is 2. The summed E-state index contributed by atoms with van der Waals surface area (Å²) in [5.41, 5.74) is 1.30. The van der Waals surface area contributed by atoms with Gasteiger partial charge in [0.25, 0.3) is 0 Å². The van der Waals surface area contributed by atoms with E-state index in [1.54, 1.807) is 6.20 Å². The predicted molar refractivity (Wildman–Crippen MR) is 80.6 cm³/mol. The number of anilines is 1.